The van der Waals surface area contributed by atoms with Crippen molar-refractivity contribution in [3.8, 4) is 11.5 Å². The van der Waals surface area contributed by atoms with E-state index in [0.29, 0.717) is 5.96 Å². The largest absolute Gasteiger partial charge is 0.497 e. The second kappa shape index (κ2) is 11.3. The Morgan fingerprint density at radius 1 is 1.16 bits per heavy atom. The molecule has 1 heterocycles. The number of amides is 1. The Labute approximate surface area is 190 Å². The Morgan fingerprint density at radius 3 is 2.56 bits per heavy atom. The number of guanidine groups is 1. The summed E-state index contributed by atoms with van der Waals surface area (Å²) in [6.07, 6.45) is 1.88. The minimum Gasteiger partial charge on any atom is -0.497 e. The summed E-state index contributed by atoms with van der Waals surface area (Å²) in [6.45, 7) is 3.94. The first-order valence-electron chi connectivity index (χ1n) is 10.9. The van der Waals surface area contributed by atoms with E-state index in [1.165, 1.54) is 5.56 Å². The van der Waals surface area contributed by atoms with Crippen LogP contribution in [0.25, 0.3) is 0 Å². The van der Waals surface area contributed by atoms with Crippen LogP contribution in [-0.2, 0) is 11.2 Å². The molecule has 1 atom stereocenters. The van der Waals surface area contributed by atoms with Gasteiger partial charge in [0.2, 0.25) is 5.91 Å². The van der Waals surface area contributed by atoms with E-state index >= 15 is 0 Å². The third kappa shape index (κ3) is 6.29. The molecule has 2 aromatic rings. The van der Waals surface area contributed by atoms with Crippen LogP contribution in [0, 0.1) is 0 Å². The second-order valence-electron chi connectivity index (χ2n) is 7.67. The number of anilines is 2. The van der Waals surface area contributed by atoms with Gasteiger partial charge < -0.3 is 30.3 Å². The molecular formula is C24H33N5O3. The first kappa shape index (κ1) is 23.2. The topological polar surface area (TPSA) is 87.2 Å². The quantitative estimate of drug-likeness (QED) is 0.433. The van der Waals surface area contributed by atoms with E-state index in [4.69, 9.17) is 9.47 Å². The SMILES string of the molecule is CCc1cccc(NC(=O)CNC(=NC)NC2CCN(c3cc(OC)cc(OC)c3)C2)c1. The molecule has 8 nitrogen and oxygen atoms in total. The van der Waals surface area contributed by atoms with E-state index in [1.807, 2.05) is 42.5 Å². The molecule has 1 unspecified atom stereocenters. The van der Waals surface area contributed by atoms with Crippen molar-refractivity contribution in [2.45, 2.75) is 25.8 Å². The Morgan fingerprint density at radius 2 is 1.91 bits per heavy atom. The van der Waals surface area contributed by atoms with Crippen LogP contribution in [0.3, 0.4) is 0 Å². The number of benzene rings is 2. The Balaban J connectivity index is 1.50. The highest BCUT2D eigenvalue weighted by Crippen LogP contribution is 2.30. The van der Waals surface area contributed by atoms with Crippen molar-refractivity contribution in [1.82, 2.24) is 10.6 Å². The van der Waals surface area contributed by atoms with Crippen molar-refractivity contribution in [3.05, 3.63) is 48.0 Å². The number of aryl methyl sites for hydroxylation is 1. The maximum Gasteiger partial charge on any atom is 0.243 e. The average molecular weight is 440 g/mol. The van der Waals surface area contributed by atoms with Crippen molar-refractivity contribution in [2.75, 3.05) is 51.1 Å². The summed E-state index contributed by atoms with van der Waals surface area (Å²) in [5, 5.41) is 9.44. The fourth-order valence-corrected chi connectivity index (χ4v) is 3.71. The van der Waals surface area contributed by atoms with Gasteiger partial charge in [0.15, 0.2) is 5.96 Å². The van der Waals surface area contributed by atoms with E-state index < -0.39 is 0 Å². The highest BCUT2D eigenvalue weighted by molar-refractivity contribution is 5.95. The van der Waals surface area contributed by atoms with Crippen molar-refractivity contribution in [3.63, 3.8) is 0 Å². The summed E-state index contributed by atoms with van der Waals surface area (Å²) >= 11 is 0. The first-order valence-corrected chi connectivity index (χ1v) is 10.9. The third-order valence-electron chi connectivity index (χ3n) is 5.49. The lowest BCUT2D eigenvalue weighted by Gasteiger charge is -2.21. The minimum atomic E-state index is -0.113. The number of hydrogen-bond donors (Lipinski definition) is 3. The molecule has 0 saturated carbocycles. The zero-order chi connectivity index (χ0) is 22.9. The number of aliphatic imine (C=N–C) groups is 1. The standard InChI is InChI=1S/C24H33N5O3/c1-5-17-7-6-8-18(11-17)27-23(30)15-26-24(25-2)28-19-9-10-29(16-19)20-12-21(31-3)14-22(13-20)32-4/h6-8,11-14,19H,5,9-10,15-16H2,1-4H3,(H,27,30)(H2,25,26,28). The van der Waals surface area contributed by atoms with Gasteiger partial charge in [0, 0.05) is 55.8 Å². The number of hydrogen-bond acceptors (Lipinski definition) is 5. The smallest absolute Gasteiger partial charge is 0.243 e. The van der Waals surface area contributed by atoms with Crippen LogP contribution < -0.4 is 30.3 Å². The number of carbonyl (C=O) groups is 1. The van der Waals surface area contributed by atoms with Crippen LogP contribution in [0.5, 0.6) is 11.5 Å². The molecule has 0 bridgehead atoms. The number of nitrogens with zero attached hydrogens (tertiary/aromatic N) is 2. The van der Waals surface area contributed by atoms with Gasteiger partial charge in [0.1, 0.15) is 11.5 Å². The van der Waals surface area contributed by atoms with E-state index in [9.17, 15) is 4.79 Å². The van der Waals surface area contributed by atoms with Crippen LogP contribution in [0.1, 0.15) is 18.9 Å². The van der Waals surface area contributed by atoms with Gasteiger partial charge in [-0.25, -0.2) is 0 Å². The average Bonchev–Trinajstić information content (AvgIpc) is 3.30. The fourth-order valence-electron chi connectivity index (χ4n) is 3.71. The van der Waals surface area contributed by atoms with Gasteiger partial charge in [-0.15, -0.1) is 0 Å². The summed E-state index contributed by atoms with van der Waals surface area (Å²) in [7, 11) is 5.01. The van der Waals surface area contributed by atoms with Gasteiger partial charge >= 0.3 is 0 Å². The van der Waals surface area contributed by atoms with Crippen molar-refractivity contribution < 1.29 is 14.3 Å². The van der Waals surface area contributed by atoms with Gasteiger partial charge in [0.25, 0.3) is 0 Å². The van der Waals surface area contributed by atoms with Crippen LogP contribution in [0.2, 0.25) is 0 Å². The molecule has 3 rings (SSSR count). The van der Waals surface area contributed by atoms with Gasteiger partial charge in [-0.05, 0) is 30.5 Å². The molecule has 8 heteroatoms. The lowest BCUT2D eigenvalue weighted by molar-refractivity contribution is -0.115. The van der Waals surface area contributed by atoms with Gasteiger partial charge in [-0.1, -0.05) is 19.1 Å². The van der Waals surface area contributed by atoms with E-state index in [1.54, 1.807) is 21.3 Å². The van der Waals surface area contributed by atoms with E-state index in [-0.39, 0.29) is 18.5 Å². The summed E-state index contributed by atoms with van der Waals surface area (Å²) < 4.78 is 10.8. The number of nitrogens with one attached hydrogen (secondary N) is 3. The normalized spacial score (nSPS) is 15.9. The number of carbonyl (C=O) groups excluding carboxylic acids is 1. The molecule has 1 aliphatic heterocycles. The monoisotopic (exact) mass is 439 g/mol. The van der Waals surface area contributed by atoms with Crippen LogP contribution >= 0.6 is 0 Å². The van der Waals surface area contributed by atoms with Gasteiger partial charge in [-0.2, -0.15) is 0 Å². The highest BCUT2D eigenvalue weighted by Gasteiger charge is 2.24. The molecule has 1 aliphatic rings. The van der Waals surface area contributed by atoms with Crippen molar-refractivity contribution >= 4 is 23.2 Å². The molecule has 0 aromatic heterocycles. The highest BCUT2D eigenvalue weighted by atomic mass is 16.5. The zero-order valence-corrected chi connectivity index (χ0v) is 19.3. The van der Waals surface area contributed by atoms with Crippen LogP contribution in [-0.4, -0.2) is 58.8 Å². The van der Waals surface area contributed by atoms with Crippen LogP contribution in [0.4, 0.5) is 11.4 Å². The lowest BCUT2D eigenvalue weighted by Crippen LogP contribution is -2.46. The number of rotatable bonds is 8. The summed E-state index contributed by atoms with van der Waals surface area (Å²) in [6, 6.07) is 14.0. The second-order valence-corrected chi connectivity index (χ2v) is 7.67. The molecule has 2 aromatic carbocycles. The first-order chi connectivity index (χ1) is 15.5. The van der Waals surface area contributed by atoms with Crippen LogP contribution in [0.15, 0.2) is 47.5 Å². The predicted octanol–water partition coefficient (Wildman–Crippen LogP) is 2.65. The zero-order valence-electron chi connectivity index (χ0n) is 19.3. The van der Waals surface area contributed by atoms with E-state index in [2.05, 4.69) is 32.8 Å². The van der Waals surface area contributed by atoms with E-state index in [0.717, 1.165) is 48.8 Å². The van der Waals surface area contributed by atoms with Gasteiger partial charge in [-0.3, -0.25) is 9.79 Å². The molecule has 1 fully saturated rings. The molecule has 32 heavy (non-hydrogen) atoms. The molecule has 1 amide bonds. The molecule has 172 valence electrons. The minimum absolute atomic E-state index is 0.113. The number of ether oxygens (including phenoxy) is 2. The summed E-state index contributed by atoms with van der Waals surface area (Å²) in [4.78, 5) is 18.9. The molecule has 3 N–H and O–H groups in total. The number of methoxy groups -OCH3 is 2. The van der Waals surface area contributed by atoms with Crippen molar-refractivity contribution in [2.24, 2.45) is 4.99 Å². The Hall–Kier alpha value is -3.42. The lowest BCUT2D eigenvalue weighted by atomic mass is 10.1. The third-order valence-corrected chi connectivity index (χ3v) is 5.49. The maximum absolute atomic E-state index is 12.3. The Kier molecular flexibility index (Phi) is 8.19. The molecule has 0 spiro atoms. The van der Waals surface area contributed by atoms with Crippen molar-refractivity contribution in [1.29, 1.82) is 0 Å². The molecular weight excluding hydrogens is 406 g/mol. The molecule has 0 aliphatic carbocycles. The predicted molar refractivity (Wildman–Crippen MR) is 129 cm³/mol. The summed E-state index contributed by atoms with van der Waals surface area (Å²) in [5.41, 5.74) is 3.05. The molecule has 1 saturated heterocycles. The Bertz CT molecular complexity index is 925. The maximum atomic E-state index is 12.3. The fraction of sp³-hybridized carbons (Fsp3) is 0.417. The van der Waals surface area contributed by atoms with Gasteiger partial charge in [0.05, 0.1) is 20.8 Å². The summed E-state index contributed by atoms with van der Waals surface area (Å²) in [5.74, 6) is 2.03. The molecule has 0 radical (unpaired) electrons.